The Balaban J connectivity index is 1.19. The number of alkyl halides is 2. The molecular formula is C35H39ClF2N2O3. The van der Waals surface area contributed by atoms with Gasteiger partial charge >= 0.3 is 5.97 Å². The molecule has 3 aliphatic carbocycles. The molecule has 1 unspecified atom stereocenters. The third-order valence-corrected chi connectivity index (χ3v) is 10.7. The van der Waals surface area contributed by atoms with Crippen molar-refractivity contribution in [2.24, 2.45) is 11.8 Å². The van der Waals surface area contributed by atoms with E-state index in [-0.39, 0.29) is 24.2 Å². The minimum atomic E-state index is -2.77. The number of hydrogen-bond donors (Lipinski definition) is 2. The number of ether oxygens (including phenoxy) is 1. The summed E-state index contributed by atoms with van der Waals surface area (Å²) in [6, 6.07) is 17.5. The van der Waals surface area contributed by atoms with Crippen LogP contribution in [0.3, 0.4) is 0 Å². The smallest absolute Gasteiger partial charge is 0.329 e. The van der Waals surface area contributed by atoms with E-state index < -0.39 is 23.3 Å². The van der Waals surface area contributed by atoms with Crippen molar-refractivity contribution in [3.63, 3.8) is 0 Å². The molecule has 1 saturated carbocycles. The molecule has 3 aromatic rings. The van der Waals surface area contributed by atoms with Gasteiger partial charge in [0.2, 0.25) is 0 Å². The van der Waals surface area contributed by atoms with E-state index in [1.807, 2.05) is 12.1 Å². The van der Waals surface area contributed by atoms with E-state index >= 15 is 0 Å². The average molecular weight is 609 g/mol. The molecule has 8 heteroatoms. The molecule has 0 aliphatic heterocycles. The third kappa shape index (κ3) is 5.50. The van der Waals surface area contributed by atoms with Crippen molar-refractivity contribution in [3.8, 4) is 5.75 Å². The Bertz CT molecular complexity index is 1500. The molecule has 1 aromatic heterocycles. The molecule has 5 nitrogen and oxygen atoms in total. The number of aliphatic carboxylic acids is 1. The summed E-state index contributed by atoms with van der Waals surface area (Å²) in [6.07, 6.45) is 6.08. The van der Waals surface area contributed by atoms with Gasteiger partial charge in [0.1, 0.15) is 11.3 Å². The van der Waals surface area contributed by atoms with Gasteiger partial charge in [-0.15, -0.1) is 0 Å². The van der Waals surface area contributed by atoms with Gasteiger partial charge in [-0.3, -0.25) is 4.98 Å². The first-order chi connectivity index (χ1) is 20.5. The molecule has 2 aromatic carbocycles. The highest BCUT2D eigenvalue weighted by atomic mass is 35.5. The molecule has 228 valence electrons. The maximum absolute atomic E-state index is 14.6. The fraction of sp³-hybridized carbons (Fsp3) is 0.486. The summed E-state index contributed by atoms with van der Waals surface area (Å²) in [6.45, 7) is 4.15. The number of aromatic nitrogens is 1. The fourth-order valence-electron chi connectivity index (χ4n) is 7.99. The van der Waals surface area contributed by atoms with E-state index in [0.29, 0.717) is 53.1 Å². The number of hydrogen-bond acceptors (Lipinski definition) is 4. The first-order valence-corrected chi connectivity index (χ1v) is 15.7. The maximum Gasteiger partial charge on any atom is 0.329 e. The van der Waals surface area contributed by atoms with Crippen molar-refractivity contribution in [3.05, 3.63) is 88.2 Å². The second kappa shape index (κ2) is 11.4. The van der Waals surface area contributed by atoms with Crippen LogP contribution in [-0.2, 0) is 23.1 Å². The highest BCUT2D eigenvalue weighted by Crippen LogP contribution is 2.56. The van der Waals surface area contributed by atoms with Crippen molar-refractivity contribution in [2.75, 3.05) is 11.9 Å². The number of carboxylic acids is 1. The lowest BCUT2D eigenvalue weighted by atomic mass is 9.59. The van der Waals surface area contributed by atoms with Gasteiger partial charge in [-0.25, -0.2) is 13.6 Å². The van der Waals surface area contributed by atoms with E-state index in [1.165, 1.54) is 11.1 Å². The number of nitrogens with one attached hydrogen (secondary N) is 1. The van der Waals surface area contributed by atoms with Gasteiger partial charge in [-0.05, 0) is 97.6 Å². The first-order valence-electron chi connectivity index (χ1n) is 15.4. The lowest BCUT2D eigenvalue weighted by Gasteiger charge is -2.47. The minimum absolute atomic E-state index is 0.119. The summed E-state index contributed by atoms with van der Waals surface area (Å²) in [5.41, 5.74) is 3.47. The average Bonchev–Trinajstić information content (AvgIpc) is 3.27. The van der Waals surface area contributed by atoms with Crippen LogP contribution in [0.15, 0.2) is 60.8 Å². The first kappa shape index (κ1) is 29.9. The van der Waals surface area contributed by atoms with Crippen molar-refractivity contribution < 1.29 is 23.4 Å². The number of pyridine rings is 1. The van der Waals surface area contributed by atoms with Crippen LogP contribution in [0.2, 0.25) is 5.02 Å². The quantitative estimate of drug-likeness (QED) is 0.268. The highest BCUT2D eigenvalue weighted by Gasteiger charge is 2.54. The fourth-order valence-corrected chi connectivity index (χ4v) is 8.18. The largest absolute Gasteiger partial charge is 0.493 e. The molecule has 0 amide bonds. The van der Waals surface area contributed by atoms with E-state index in [0.717, 1.165) is 25.7 Å². The maximum atomic E-state index is 14.6. The van der Waals surface area contributed by atoms with Crippen molar-refractivity contribution in [1.82, 2.24) is 4.98 Å². The van der Waals surface area contributed by atoms with Gasteiger partial charge in [0.15, 0.2) is 0 Å². The van der Waals surface area contributed by atoms with Gasteiger partial charge in [-0.1, -0.05) is 55.8 Å². The standard InChI is InChI=1S/C35H39ClF2N2O3/c1-22(21-43-30-11-17-39-29-10-12-35(37,38)23(2)31(29)30)18-25-19-24-6-3-4-9-28(24)33(25)13-15-34(16-14-33,32(41)42)40-27-8-5-7-26(36)20-27/h3-9,11,17,20,22-23,25,40H,10,12-16,18-19,21H2,1-2H3,(H,41,42)/t22-,23+,25?,33?,34?/m1/s1. The second-order valence-corrected chi connectivity index (χ2v) is 13.5. The molecule has 1 heterocycles. The topological polar surface area (TPSA) is 71.5 Å². The van der Waals surface area contributed by atoms with Crippen molar-refractivity contribution in [1.29, 1.82) is 0 Å². The van der Waals surface area contributed by atoms with Crippen LogP contribution in [-0.4, -0.2) is 34.1 Å². The predicted molar refractivity (Wildman–Crippen MR) is 164 cm³/mol. The summed E-state index contributed by atoms with van der Waals surface area (Å²) in [7, 11) is 0. The number of aryl methyl sites for hydroxylation is 1. The molecule has 1 fully saturated rings. The van der Waals surface area contributed by atoms with Gasteiger partial charge in [0, 0.05) is 34.6 Å². The van der Waals surface area contributed by atoms with Crippen LogP contribution < -0.4 is 10.1 Å². The van der Waals surface area contributed by atoms with Crippen LogP contribution in [0.5, 0.6) is 5.75 Å². The monoisotopic (exact) mass is 608 g/mol. The van der Waals surface area contributed by atoms with Crippen molar-refractivity contribution >= 4 is 23.3 Å². The summed E-state index contributed by atoms with van der Waals surface area (Å²) in [4.78, 5) is 17.1. The highest BCUT2D eigenvalue weighted by molar-refractivity contribution is 6.30. The van der Waals surface area contributed by atoms with E-state index in [1.54, 1.807) is 31.3 Å². The molecule has 3 atom stereocenters. The van der Waals surface area contributed by atoms with E-state index in [2.05, 4.69) is 41.5 Å². The zero-order valence-corrected chi connectivity index (χ0v) is 25.5. The molecule has 0 bridgehead atoms. The lowest BCUT2D eigenvalue weighted by molar-refractivity contribution is -0.144. The number of rotatable bonds is 8. The normalized spacial score (nSPS) is 28.1. The number of carbonyl (C=O) groups is 1. The number of fused-ring (bicyclic) bond motifs is 3. The van der Waals surface area contributed by atoms with Crippen LogP contribution in [0.4, 0.5) is 14.5 Å². The van der Waals surface area contributed by atoms with Crippen LogP contribution in [0, 0.1) is 11.8 Å². The molecule has 6 rings (SSSR count). The Morgan fingerprint density at radius 3 is 2.63 bits per heavy atom. The SMILES string of the molecule is C[C@@H](COc1ccnc2c1[C@H](C)C(F)(F)CC2)CC1Cc2ccccc2C12CCC(Nc1cccc(Cl)c1)(C(=O)O)CC2. The number of nitrogens with zero attached hydrogens (tertiary/aromatic N) is 1. The van der Waals surface area contributed by atoms with E-state index in [4.69, 9.17) is 16.3 Å². The second-order valence-electron chi connectivity index (χ2n) is 13.0. The summed E-state index contributed by atoms with van der Waals surface area (Å²) in [5.74, 6) is -3.52. The summed E-state index contributed by atoms with van der Waals surface area (Å²) in [5, 5.41) is 14.3. The molecule has 0 radical (unpaired) electrons. The van der Waals surface area contributed by atoms with Crippen LogP contribution in [0.25, 0.3) is 0 Å². The molecule has 1 spiro atoms. The van der Waals surface area contributed by atoms with Gasteiger partial charge in [0.05, 0.1) is 12.5 Å². The Labute approximate surface area is 257 Å². The molecular weight excluding hydrogens is 570 g/mol. The Hall–Kier alpha value is -3.19. The minimum Gasteiger partial charge on any atom is -0.493 e. The third-order valence-electron chi connectivity index (χ3n) is 10.4. The Kier molecular flexibility index (Phi) is 7.91. The molecule has 2 N–H and O–H groups in total. The zero-order valence-electron chi connectivity index (χ0n) is 24.7. The Morgan fingerprint density at radius 1 is 1.12 bits per heavy atom. The van der Waals surface area contributed by atoms with Crippen LogP contribution >= 0.6 is 11.6 Å². The number of benzene rings is 2. The summed E-state index contributed by atoms with van der Waals surface area (Å²) < 4.78 is 35.4. The van der Waals surface area contributed by atoms with Gasteiger partial charge < -0.3 is 15.2 Å². The Morgan fingerprint density at radius 2 is 1.88 bits per heavy atom. The zero-order chi connectivity index (χ0) is 30.4. The number of halogens is 3. The number of carboxylic acid groups (broad SMARTS) is 1. The molecule has 3 aliphatic rings. The van der Waals surface area contributed by atoms with Gasteiger partial charge in [-0.2, -0.15) is 0 Å². The predicted octanol–water partition coefficient (Wildman–Crippen LogP) is 8.44. The molecule has 0 saturated heterocycles. The van der Waals surface area contributed by atoms with Crippen LogP contribution in [0.1, 0.15) is 80.7 Å². The summed E-state index contributed by atoms with van der Waals surface area (Å²) >= 11 is 6.19. The van der Waals surface area contributed by atoms with E-state index in [9.17, 15) is 18.7 Å². The number of anilines is 1. The molecule has 43 heavy (non-hydrogen) atoms. The van der Waals surface area contributed by atoms with Gasteiger partial charge in [0.25, 0.3) is 5.92 Å². The lowest BCUT2D eigenvalue weighted by Crippen LogP contribution is -2.53. The van der Waals surface area contributed by atoms with Crippen molar-refractivity contribution in [2.45, 2.75) is 88.0 Å².